The van der Waals surface area contributed by atoms with Crippen LogP contribution in [0.15, 0.2) is 0 Å². The number of amides is 1. The summed E-state index contributed by atoms with van der Waals surface area (Å²) in [6.45, 7) is 3.77. The molecule has 0 aromatic carbocycles. The van der Waals surface area contributed by atoms with E-state index in [9.17, 15) is 4.79 Å². The van der Waals surface area contributed by atoms with Crippen molar-refractivity contribution in [2.75, 3.05) is 20.1 Å². The van der Waals surface area contributed by atoms with Gasteiger partial charge < -0.3 is 11.1 Å². The topological polar surface area (TPSA) is 58.4 Å². The van der Waals surface area contributed by atoms with Gasteiger partial charge in [-0.1, -0.05) is 6.42 Å². The SMILES string of the molecule is CNC(=O)CCN1C(C)CCCC1CN. The van der Waals surface area contributed by atoms with Crippen LogP contribution in [0.1, 0.15) is 32.6 Å². The Balaban J connectivity index is 2.43. The number of hydrogen-bond donors (Lipinski definition) is 2. The Labute approximate surface area is 92.2 Å². The molecule has 0 radical (unpaired) electrons. The molecule has 1 aliphatic heterocycles. The van der Waals surface area contributed by atoms with Gasteiger partial charge in [-0.05, 0) is 19.8 Å². The second kappa shape index (κ2) is 6.08. The fourth-order valence-corrected chi connectivity index (χ4v) is 2.35. The molecule has 0 saturated carbocycles. The lowest BCUT2D eigenvalue weighted by atomic mass is 9.96. The summed E-state index contributed by atoms with van der Waals surface area (Å²) in [7, 11) is 1.68. The van der Waals surface area contributed by atoms with Gasteiger partial charge in [0.2, 0.25) is 5.91 Å². The number of rotatable bonds is 4. The van der Waals surface area contributed by atoms with Crippen LogP contribution in [0.25, 0.3) is 0 Å². The minimum Gasteiger partial charge on any atom is -0.359 e. The predicted octanol–water partition coefficient (Wildman–Crippen LogP) is 0.324. The Morgan fingerprint density at radius 1 is 1.53 bits per heavy atom. The van der Waals surface area contributed by atoms with Crippen molar-refractivity contribution in [3.8, 4) is 0 Å². The molecule has 2 atom stereocenters. The molecule has 1 heterocycles. The first kappa shape index (κ1) is 12.5. The van der Waals surface area contributed by atoms with E-state index in [0.29, 0.717) is 25.0 Å². The summed E-state index contributed by atoms with van der Waals surface area (Å²) in [5.41, 5.74) is 5.75. The zero-order valence-corrected chi connectivity index (χ0v) is 9.83. The van der Waals surface area contributed by atoms with Gasteiger partial charge in [-0.15, -0.1) is 0 Å². The normalized spacial score (nSPS) is 27.7. The minimum atomic E-state index is 0.114. The number of nitrogens with zero attached hydrogens (tertiary/aromatic N) is 1. The quantitative estimate of drug-likeness (QED) is 0.707. The summed E-state index contributed by atoms with van der Waals surface area (Å²) in [6.07, 6.45) is 4.25. The largest absolute Gasteiger partial charge is 0.359 e. The molecule has 1 rings (SSSR count). The molecule has 0 aliphatic carbocycles. The highest BCUT2D eigenvalue weighted by Crippen LogP contribution is 2.22. The summed E-state index contributed by atoms with van der Waals surface area (Å²) in [5.74, 6) is 0.114. The van der Waals surface area contributed by atoms with Gasteiger partial charge >= 0.3 is 0 Å². The molecule has 0 spiro atoms. The maximum absolute atomic E-state index is 11.2. The third-order valence-electron chi connectivity index (χ3n) is 3.34. The Hall–Kier alpha value is -0.610. The molecule has 1 amide bonds. The van der Waals surface area contributed by atoms with Crippen LogP contribution < -0.4 is 11.1 Å². The smallest absolute Gasteiger partial charge is 0.221 e. The molecular formula is C11H23N3O. The molecule has 0 aromatic heterocycles. The number of piperidine rings is 1. The summed E-state index contributed by atoms with van der Waals surface area (Å²) in [6, 6.07) is 1.04. The summed E-state index contributed by atoms with van der Waals surface area (Å²) >= 11 is 0. The number of nitrogens with one attached hydrogen (secondary N) is 1. The van der Waals surface area contributed by atoms with Crippen LogP contribution in [-0.2, 0) is 4.79 Å². The van der Waals surface area contributed by atoms with E-state index in [1.54, 1.807) is 7.05 Å². The summed E-state index contributed by atoms with van der Waals surface area (Å²) in [5, 5.41) is 2.66. The van der Waals surface area contributed by atoms with Crippen LogP contribution in [0, 0.1) is 0 Å². The van der Waals surface area contributed by atoms with E-state index in [1.807, 2.05) is 0 Å². The van der Waals surface area contributed by atoms with Gasteiger partial charge in [-0.2, -0.15) is 0 Å². The second-order valence-electron chi connectivity index (χ2n) is 4.33. The van der Waals surface area contributed by atoms with Crippen molar-refractivity contribution in [2.24, 2.45) is 5.73 Å². The van der Waals surface area contributed by atoms with Gasteiger partial charge in [0.05, 0.1) is 0 Å². The molecule has 3 N–H and O–H groups in total. The second-order valence-corrected chi connectivity index (χ2v) is 4.33. The maximum atomic E-state index is 11.2. The Bertz CT molecular complexity index is 208. The van der Waals surface area contributed by atoms with Crippen molar-refractivity contribution in [3.63, 3.8) is 0 Å². The minimum absolute atomic E-state index is 0.114. The fourth-order valence-electron chi connectivity index (χ4n) is 2.35. The van der Waals surface area contributed by atoms with Gasteiger partial charge in [-0.25, -0.2) is 0 Å². The van der Waals surface area contributed by atoms with E-state index in [1.165, 1.54) is 19.3 Å². The third kappa shape index (κ3) is 3.47. The van der Waals surface area contributed by atoms with Crippen molar-refractivity contribution in [1.29, 1.82) is 0 Å². The Kier molecular flexibility index (Phi) is 5.05. The van der Waals surface area contributed by atoms with E-state index in [-0.39, 0.29) is 5.91 Å². The lowest BCUT2D eigenvalue weighted by Crippen LogP contribution is -2.49. The fraction of sp³-hybridized carbons (Fsp3) is 0.909. The van der Waals surface area contributed by atoms with Crippen LogP contribution in [0.3, 0.4) is 0 Å². The molecule has 1 aliphatic rings. The number of nitrogens with two attached hydrogens (primary N) is 1. The number of likely N-dealkylation sites (tertiary alicyclic amines) is 1. The first-order chi connectivity index (χ1) is 7.19. The van der Waals surface area contributed by atoms with Crippen LogP contribution in [0.5, 0.6) is 0 Å². The average molecular weight is 213 g/mol. The zero-order valence-electron chi connectivity index (χ0n) is 9.83. The highest BCUT2D eigenvalue weighted by atomic mass is 16.1. The molecule has 0 bridgehead atoms. The van der Waals surface area contributed by atoms with E-state index in [2.05, 4.69) is 17.1 Å². The summed E-state index contributed by atoms with van der Waals surface area (Å²) in [4.78, 5) is 13.6. The van der Waals surface area contributed by atoms with Crippen molar-refractivity contribution in [1.82, 2.24) is 10.2 Å². The standard InChI is InChI=1S/C11H23N3O/c1-9-4-3-5-10(8-12)14(9)7-6-11(15)13-2/h9-10H,3-8,12H2,1-2H3,(H,13,15). The molecule has 1 fully saturated rings. The first-order valence-corrected chi connectivity index (χ1v) is 5.85. The lowest BCUT2D eigenvalue weighted by Gasteiger charge is -2.40. The van der Waals surface area contributed by atoms with Crippen molar-refractivity contribution in [3.05, 3.63) is 0 Å². The molecular weight excluding hydrogens is 190 g/mol. The van der Waals surface area contributed by atoms with Crippen LogP contribution in [0.2, 0.25) is 0 Å². The zero-order chi connectivity index (χ0) is 11.3. The summed E-state index contributed by atoms with van der Waals surface area (Å²) < 4.78 is 0. The van der Waals surface area contributed by atoms with E-state index in [4.69, 9.17) is 5.73 Å². The number of hydrogen-bond acceptors (Lipinski definition) is 3. The van der Waals surface area contributed by atoms with Gasteiger partial charge in [0, 0.05) is 38.6 Å². The van der Waals surface area contributed by atoms with Crippen LogP contribution in [-0.4, -0.2) is 43.0 Å². The molecule has 1 saturated heterocycles. The van der Waals surface area contributed by atoms with Gasteiger partial charge in [0.25, 0.3) is 0 Å². The maximum Gasteiger partial charge on any atom is 0.221 e. The molecule has 88 valence electrons. The Morgan fingerprint density at radius 3 is 2.87 bits per heavy atom. The third-order valence-corrected chi connectivity index (χ3v) is 3.34. The van der Waals surface area contributed by atoms with E-state index < -0.39 is 0 Å². The van der Waals surface area contributed by atoms with Crippen LogP contribution in [0.4, 0.5) is 0 Å². The van der Waals surface area contributed by atoms with E-state index >= 15 is 0 Å². The van der Waals surface area contributed by atoms with Gasteiger partial charge in [0.1, 0.15) is 0 Å². The molecule has 4 heteroatoms. The Morgan fingerprint density at radius 2 is 2.27 bits per heavy atom. The van der Waals surface area contributed by atoms with Crippen molar-refractivity contribution < 1.29 is 4.79 Å². The number of carbonyl (C=O) groups is 1. The van der Waals surface area contributed by atoms with Gasteiger partial charge in [0.15, 0.2) is 0 Å². The first-order valence-electron chi connectivity index (χ1n) is 5.85. The number of carbonyl (C=O) groups excluding carboxylic acids is 1. The molecule has 2 unspecified atom stereocenters. The predicted molar refractivity (Wildman–Crippen MR) is 61.5 cm³/mol. The highest BCUT2D eigenvalue weighted by molar-refractivity contribution is 5.75. The monoisotopic (exact) mass is 213 g/mol. The van der Waals surface area contributed by atoms with Crippen molar-refractivity contribution in [2.45, 2.75) is 44.7 Å². The lowest BCUT2D eigenvalue weighted by molar-refractivity contribution is -0.121. The molecule has 4 nitrogen and oxygen atoms in total. The molecule has 15 heavy (non-hydrogen) atoms. The van der Waals surface area contributed by atoms with Crippen LogP contribution >= 0.6 is 0 Å². The van der Waals surface area contributed by atoms with Crippen molar-refractivity contribution >= 4 is 5.91 Å². The highest BCUT2D eigenvalue weighted by Gasteiger charge is 2.26. The van der Waals surface area contributed by atoms with E-state index in [0.717, 1.165) is 6.54 Å². The average Bonchev–Trinajstić information content (AvgIpc) is 2.26. The van der Waals surface area contributed by atoms with Gasteiger partial charge in [-0.3, -0.25) is 9.69 Å². The molecule has 0 aromatic rings.